The Morgan fingerprint density at radius 2 is 0.831 bits per heavy atom. The summed E-state index contributed by atoms with van der Waals surface area (Å²) >= 11 is 0. The first kappa shape index (κ1) is 37.8. The molecule has 59 heavy (non-hydrogen) atoms. The lowest BCUT2D eigenvalue weighted by atomic mass is 9.88. The second-order valence-corrected chi connectivity index (χ2v) is 15.8. The van der Waals surface area contributed by atoms with Crippen LogP contribution in [0, 0.1) is 13.8 Å². The van der Waals surface area contributed by atoms with Gasteiger partial charge in [0.1, 0.15) is 0 Å². The highest BCUT2D eigenvalue weighted by Crippen LogP contribution is 2.41. The van der Waals surface area contributed by atoms with Gasteiger partial charge < -0.3 is 9.97 Å². The van der Waals surface area contributed by atoms with Gasteiger partial charge in [-0.05, 0) is 133 Å². The molecular weight excluding hydrogens is 717 g/mol. The molecule has 9 rings (SSSR count). The van der Waals surface area contributed by atoms with Crippen LogP contribution in [0.3, 0.4) is 0 Å². The fraction of sp³-hybridized carbons (Fsp3) is 0.164. The van der Waals surface area contributed by atoms with Crippen molar-refractivity contribution in [3.8, 4) is 44.5 Å². The van der Waals surface area contributed by atoms with E-state index < -0.39 is 0 Å². The average Bonchev–Trinajstić information content (AvgIpc) is 4.11. The number of fused-ring (bicyclic) bond motifs is 8. The molecule has 8 bridgehead atoms. The minimum absolute atomic E-state index is 0.824. The Kier molecular flexibility index (Phi) is 10.2. The van der Waals surface area contributed by atoms with Gasteiger partial charge in [-0.25, -0.2) is 9.97 Å². The zero-order valence-corrected chi connectivity index (χ0v) is 34.7. The molecule has 0 amide bonds. The van der Waals surface area contributed by atoms with Crippen molar-refractivity contribution in [1.29, 1.82) is 0 Å². The van der Waals surface area contributed by atoms with Crippen LogP contribution in [-0.4, -0.2) is 19.9 Å². The largest absolute Gasteiger partial charge is 0.354 e. The SMILES string of the molecule is C=CCc1ccc(-c2c3ccc([nH]3)c(-c3ccc(C)cc3)c3nc(c(-c4c(CC)cc(CC)cc4CC)c4nc(c(-c5ccc(C)cc5)c5ccc2[nH]5)C=C4)C=C3)cc1. The summed E-state index contributed by atoms with van der Waals surface area (Å²) in [5, 5.41) is 0. The Morgan fingerprint density at radius 1 is 0.441 bits per heavy atom. The van der Waals surface area contributed by atoms with Crippen LogP contribution in [-0.2, 0) is 25.7 Å². The van der Waals surface area contributed by atoms with E-state index in [0.29, 0.717) is 0 Å². The van der Waals surface area contributed by atoms with Crippen molar-refractivity contribution in [3.05, 3.63) is 178 Å². The molecule has 4 nitrogen and oxygen atoms in total. The van der Waals surface area contributed by atoms with Crippen molar-refractivity contribution >= 4 is 46.4 Å². The van der Waals surface area contributed by atoms with Crippen molar-refractivity contribution in [2.24, 2.45) is 0 Å². The van der Waals surface area contributed by atoms with Crippen molar-refractivity contribution in [1.82, 2.24) is 19.9 Å². The van der Waals surface area contributed by atoms with Gasteiger partial charge in [0.15, 0.2) is 0 Å². The first-order valence-electron chi connectivity index (χ1n) is 21.0. The van der Waals surface area contributed by atoms with Gasteiger partial charge in [-0.15, -0.1) is 6.58 Å². The topological polar surface area (TPSA) is 57.4 Å². The molecule has 4 heteroatoms. The Hall–Kier alpha value is -6.78. The van der Waals surface area contributed by atoms with E-state index in [9.17, 15) is 0 Å². The monoisotopic (exact) mass is 766 g/mol. The van der Waals surface area contributed by atoms with Crippen LogP contribution >= 0.6 is 0 Å². The van der Waals surface area contributed by atoms with Gasteiger partial charge in [-0.3, -0.25) is 0 Å². The molecule has 2 aliphatic rings. The molecule has 0 aliphatic carbocycles. The van der Waals surface area contributed by atoms with Crippen LogP contribution in [0.4, 0.5) is 0 Å². The highest BCUT2D eigenvalue weighted by molar-refractivity contribution is 6.00. The molecule has 2 N–H and O–H groups in total. The van der Waals surface area contributed by atoms with E-state index in [1.54, 1.807) is 0 Å². The van der Waals surface area contributed by atoms with Crippen LogP contribution in [0.25, 0.3) is 90.9 Å². The molecule has 0 saturated heterocycles. The summed E-state index contributed by atoms with van der Waals surface area (Å²) in [5.74, 6) is 0. The number of nitrogens with one attached hydrogen (secondary N) is 2. The number of aromatic amines is 2. The lowest BCUT2D eigenvalue weighted by molar-refractivity contribution is 1.04. The summed E-state index contributed by atoms with van der Waals surface area (Å²) in [7, 11) is 0. The van der Waals surface area contributed by atoms with Crippen molar-refractivity contribution < 1.29 is 0 Å². The summed E-state index contributed by atoms with van der Waals surface area (Å²) in [5.41, 5.74) is 24.3. The average molecular weight is 767 g/mol. The van der Waals surface area contributed by atoms with Crippen LogP contribution in [0.2, 0.25) is 0 Å². The minimum atomic E-state index is 0.824. The van der Waals surface area contributed by atoms with Crippen LogP contribution in [0.1, 0.15) is 76.9 Å². The first-order chi connectivity index (χ1) is 28.8. The predicted molar refractivity (Wildman–Crippen MR) is 252 cm³/mol. The number of hydrogen-bond donors (Lipinski definition) is 2. The van der Waals surface area contributed by atoms with E-state index in [1.807, 2.05) is 6.08 Å². The number of rotatable bonds is 9. The number of aromatic nitrogens is 4. The van der Waals surface area contributed by atoms with Gasteiger partial charge in [0.05, 0.1) is 22.8 Å². The number of allylic oxidation sites excluding steroid dienone is 1. The van der Waals surface area contributed by atoms with Gasteiger partial charge in [0.2, 0.25) is 0 Å². The first-order valence-corrected chi connectivity index (χ1v) is 21.0. The fourth-order valence-corrected chi connectivity index (χ4v) is 8.72. The molecular formula is C55H50N4. The molecule has 3 aromatic heterocycles. The van der Waals surface area contributed by atoms with Crippen molar-refractivity contribution in [2.45, 2.75) is 60.3 Å². The Bertz CT molecular complexity index is 2800. The number of hydrogen-bond acceptors (Lipinski definition) is 2. The molecule has 5 heterocycles. The zero-order valence-electron chi connectivity index (χ0n) is 34.7. The van der Waals surface area contributed by atoms with Gasteiger partial charge >= 0.3 is 0 Å². The van der Waals surface area contributed by atoms with Crippen molar-refractivity contribution in [2.75, 3.05) is 0 Å². The number of nitrogens with zero attached hydrogens (tertiary/aromatic N) is 2. The summed E-state index contributed by atoms with van der Waals surface area (Å²) in [6.07, 6.45) is 14.4. The summed E-state index contributed by atoms with van der Waals surface area (Å²) < 4.78 is 0. The fourth-order valence-electron chi connectivity index (χ4n) is 8.72. The highest BCUT2D eigenvalue weighted by atomic mass is 14.8. The molecule has 0 fully saturated rings. The normalized spacial score (nSPS) is 12.0. The Labute approximate surface area is 347 Å². The predicted octanol–water partition coefficient (Wildman–Crippen LogP) is 14.4. The van der Waals surface area contributed by atoms with E-state index >= 15 is 0 Å². The zero-order chi connectivity index (χ0) is 40.6. The molecule has 7 aromatic rings. The minimum Gasteiger partial charge on any atom is -0.354 e. The maximum Gasteiger partial charge on any atom is 0.0738 e. The molecule has 0 atom stereocenters. The van der Waals surface area contributed by atoms with E-state index in [-0.39, 0.29) is 0 Å². The second kappa shape index (κ2) is 15.9. The molecule has 290 valence electrons. The number of aryl methyl sites for hydroxylation is 5. The summed E-state index contributed by atoms with van der Waals surface area (Å²) in [6.45, 7) is 15.0. The molecule has 2 aliphatic heterocycles. The van der Waals surface area contributed by atoms with Gasteiger partial charge in [-0.2, -0.15) is 0 Å². The standard InChI is InChI=1S/C55H50N4/c1-7-11-37-16-22-42(23-17-37)54-45-26-24-43(56-45)52(40-18-12-34(5)13-19-40)47-28-30-49(58-47)55(51-38(9-3)32-36(8-2)33-39(51)10-4)50-31-29-48(59-50)53(44-25-27-46(54)57-44)41-20-14-35(6)15-21-41/h7,12-33,56-57H,1,8-11H2,2-6H3. The molecule has 0 radical (unpaired) electrons. The van der Waals surface area contributed by atoms with Gasteiger partial charge in [-0.1, -0.05) is 123 Å². The Morgan fingerprint density at radius 3 is 1.24 bits per heavy atom. The van der Waals surface area contributed by atoms with E-state index in [2.05, 4.69) is 185 Å². The lowest BCUT2D eigenvalue weighted by Crippen LogP contribution is -2.01. The number of benzene rings is 4. The third kappa shape index (κ3) is 7.10. The van der Waals surface area contributed by atoms with E-state index in [1.165, 1.54) is 38.9 Å². The maximum atomic E-state index is 5.58. The number of H-pyrrole nitrogens is 2. The third-order valence-corrected chi connectivity index (χ3v) is 11.8. The summed E-state index contributed by atoms with van der Waals surface area (Å²) in [4.78, 5) is 19.0. The Balaban J connectivity index is 1.47. The lowest BCUT2D eigenvalue weighted by Gasteiger charge is -2.17. The summed E-state index contributed by atoms with van der Waals surface area (Å²) in [6, 6.07) is 40.1. The van der Waals surface area contributed by atoms with Crippen LogP contribution in [0.15, 0.2) is 122 Å². The third-order valence-electron chi connectivity index (χ3n) is 11.8. The maximum absolute atomic E-state index is 5.58. The second-order valence-electron chi connectivity index (χ2n) is 15.8. The van der Waals surface area contributed by atoms with Crippen LogP contribution in [0.5, 0.6) is 0 Å². The molecule has 0 unspecified atom stereocenters. The molecule has 0 spiro atoms. The van der Waals surface area contributed by atoms with Gasteiger partial charge in [0.25, 0.3) is 0 Å². The van der Waals surface area contributed by atoms with E-state index in [0.717, 1.165) is 109 Å². The quantitative estimate of drug-likeness (QED) is 0.144. The van der Waals surface area contributed by atoms with Gasteiger partial charge in [0, 0.05) is 44.3 Å². The molecule has 4 aromatic carbocycles. The smallest absolute Gasteiger partial charge is 0.0738 e. The van der Waals surface area contributed by atoms with Crippen molar-refractivity contribution in [3.63, 3.8) is 0 Å². The molecule has 0 saturated carbocycles. The van der Waals surface area contributed by atoms with E-state index in [4.69, 9.17) is 9.97 Å². The van der Waals surface area contributed by atoms with Crippen LogP contribution < -0.4 is 0 Å². The highest BCUT2D eigenvalue weighted by Gasteiger charge is 2.23.